The van der Waals surface area contributed by atoms with Gasteiger partial charge in [-0.3, -0.25) is 9.59 Å². The van der Waals surface area contributed by atoms with Crippen LogP contribution in [0.3, 0.4) is 0 Å². The molecule has 10 aliphatic rings. The highest BCUT2D eigenvalue weighted by Crippen LogP contribution is 2.61. The maximum absolute atomic E-state index is 15.7. The molecule has 500 valence electrons. The van der Waals surface area contributed by atoms with E-state index < -0.39 is 169 Å². The third kappa shape index (κ3) is 13.6. The number of amides is 1. The van der Waals surface area contributed by atoms with Crippen LogP contribution in [0.2, 0.25) is 0 Å². The van der Waals surface area contributed by atoms with E-state index in [-0.39, 0.29) is 78.9 Å². The van der Waals surface area contributed by atoms with Crippen LogP contribution in [0.4, 0.5) is 0 Å². The van der Waals surface area contributed by atoms with Crippen LogP contribution in [-0.4, -0.2) is 182 Å². The summed E-state index contributed by atoms with van der Waals surface area (Å²) in [6.07, 6.45) is 1.51. The molecular weight excluding hydrogens is 1150 g/mol. The van der Waals surface area contributed by atoms with E-state index in [1.165, 1.54) is 6.92 Å². The van der Waals surface area contributed by atoms with Gasteiger partial charge in [-0.25, -0.2) is 4.79 Å². The first-order valence-corrected chi connectivity index (χ1v) is 33.2. The molecule has 10 rings (SSSR count). The molecule has 31 unspecified atom stereocenters. The van der Waals surface area contributed by atoms with Crippen LogP contribution in [0, 0.1) is 52.8 Å². The van der Waals surface area contributed by atoms with Gasteiger partial charge in [-0.15, -0.1) is 0 Å². The van der Waals surface area contributed by atoms with Crippen LogP contribution in [0.15, 0.2) is 58.9 Å². The van der Waals surface area contributed by atoms with E-state index in [1.54, 1.807) is 27.7 Å². The molecule has 0 aromatic rings. The molecular formula is C68H103NO20. The summed E-state index contributed by atoms with van der Waals surface area (Å²) >= 11 is 0. The lowest BCUT2D eigenvalue weighted by molar-refractivity contribution is -0.352. The topological polar surface area (TPSA) is 286 Å². The minimum Gasteiger partial charge on any atom is -0.511 e. The van der Waals surface area contributed by atoms with Crippen molar-refractivity contribution in [3.63, 3.8) is 0 Å². The standard InChI is InChI=1S/C68H103NO20/c1-15-16-42-17-18-43-25-35(6)58(88-54-30-66(13,78)62(40(11)83-54)69-41(12)70)33(4)23-31(2)45-20-19-44-56(67(45,14)63(75)55-64(76)68(43,29-42)89-65(55)77)32(3)24-34(5)59(44)85-52-27-48(73)60(38(9)81-52)86-53-28-49(84-50-22-21-46(71)36(7)79-50)61(39(10)82-53)87-51-26-47(72)57(74)37(8)80-51/h17-20,23,25,32-34,36-40,42-54,56-62,71-75,78H,15-16,21-22,24,26-30H2,1-14H3,(H,69,70)/b31-23-,35-25+,63-55-. The Bertz CT molecular complexity index is 2690. The fourth-order valence-corrected chi connectivity index (χ4v) is 17.3. The number of fused-ring (bicyclic) bond motifs is 4. The molecule has 1 amide bonds. The molecule has 6 heterocycles. The first-order chi connectivity index (χ1) is 41.9. The molecule has 6 aliphatic heterocycles. The Balaban J connectivity index is 0.918. The quantitative estimate of drug-likeness (QED) is 0.0556. The largest absolute Gasteiger partial charge is 0.511 e. The van der Waals surface area contributed by atoms with Gasteiger partial charge in [0, 0.05) is 74.5 Å². The summed E-state index contributed by atoms with van der Waals surface area (Å²) in [6, 6.07) is -0.685. The van der Waals surface area contributed by atoms with Crippen molar-refractivity contribution in [2.24, 2.45) is 52.8 Å². The molecule has 1 saturated carbocycles. The number of aliphatic hydroxyl groups is 6. The molecule has 89 heavy (non-hydrogen) atoms. The highest BCUT2D eigenvalue weighted by molar-refractivity contribution is 6.26. The zero-order valence-corrected chi connectivity index (χ0v) is 54.6. The number of Topliss-reactive ketones (excluding diaryl/α,β-unsaturated/α-hetero) is 1. The van der Waals surface area contributed by atoms with Crippen LogP contribution in [0.5, 0.6) is 0 Å². The fourth-order valence-electron chi connectivity index (χ4n) is 17.3. The first kappa shape index (κ1) is 68.4. The SMILES string of the molecule is CCCC1C=CC2/C=C(\C)C(OC3CC(C)(O)C(NC(C)=O)C(C)O3)C(C)/C=C(/C)C3C=CC4C(OC5CC(O)C(OC6CC(OC7CCC(O)C(C)O7)C(OC7CC(O)C(O)C(C)O7)C(C)O6)C(C)O5)C(C)CC(C)C4C3(C)/C(O)=C3/C(=O)OC2(C1)C3=O. The average Bonchev–Trinajstić information content (AvgIpc) is 1.70. The van der Waals surface area contributed by atoms with Gasteiger partial charge in [-0.2, -0.15) is 0 Å². The number of carbonyl (C=O) groups is 3. The van der Waals surface area contributed by atoms with Crippen molar-refractivity contribution >= 4 is 17.7 Å². The Kier molecular flexibility index (Phi) is 20.8. The Morgan fingerprint density at radius 3 is 1.93 bits per heavy atom. The van der Waals surface area contributed by atoms with E-state index in [4.69, 9.17) is 52.1 Å². The second-order valence-corrected chi connectivity index (χ2v) is 28.7. The maximum atomic E-state index is 15.7. The highest BCUT2D eigenvalue weighted by Gasteiger charge is 2.64. The molecule has 4 aliphatic carbocycles. The number of nitrogens with one attached hydrogen (secondary N) is 1. The van der Waals surface area contributed by atoms with E-state index >= 15 is 4.79 Å². The number of ether oxygens (including phenoxy) is 11. The molecule has 31 atom stereocenters. The van der Waals surface area contributed by atoms with Gasteiger partial charge in [0.2, 0.25) is 11.7 Å². The van der Waals surface area contributed by atoms with Crippen molar-refractivity contribution in [3.05, 3.63) is 58.9 Å². The summed E-state index contributed by atoms with van der Waals surface area (Å²) in [5.41, 5.74) is -3.01. The number of ketones is 1. The monoisotopic (exact) mass is 1250 g/mol. The molecule has 0 radical (unpaired) electrons. The van der Waals surface area contributed by atoms with E-state index in [2.05, 4.69) is 57.3 Å². The second kappa shape index (κ2) is 27.1. The molecule has 21 heteroatoms. The molecule has 0 aromatic carbocycles. The number of allylic oxidation sites excluding steroid dienone is 4. The smallest absolute Gasteiger partial charge is 0.346 e. The predicted octanol–water partition coefficient (Wildman–Crippen LogP) is 6.99. The van der Waals surface area contributed by atoms with Crippen molar-refractivity contribution in [2.75, 3.05) is 0 Å². The van der Waals surface area contributed by atoms with Gasteiger partial charge in [-0.1, -0.05) is 83.1 Å². The lowest BCUT2D eigenvalue weighted by atomic mass is 9.49. The molecule has 0 aromatic heterocycles. The molecule has 7 fully saturated rings. The lowest BCUT2D eigenvalue weighted by Gasteiger charge is -2.57. The summed E-state index contributed by atoms with van der Waals surface area (Å²) < 4.78 is 71.9. The first-order valence-electron chi connectivity index (χ1n) is 33.2. The number of hydrogen-bond donors (Lipinski definition) is 7. The van der Waals surface area contributed by atoms with Gasteiger partial charge < -0.3 is 88.1 Å². The van der Waals surface area contributed by atoms with Crippen molar-refractivity contribution in [3.8, 4) is 0 Å². The van der Waals surface area contributed by atoms with Crippen LogP contribution >= 0.6 is 0 Å². The van der Waals surface area contributed by atoms with E-state index in [1.807, 2.05) is 46.8 Å². The fraction of sp³-hybridized carbons (Fsp3) is 0.809. The minimum absolute atomic E-state index is 0.0322. The molecule has 21 nitrogen and oxygen atoms in total. The van der Waals surface area contributed by atoms with Crippen molar-refractivity contribution in [1.82, 2.24) is 5.32 Å². The highest BCUT2D eigenvalue weighted by atomic mass is 16.8. The normalized spacial score (nSPS) is 51.6. The summed E-state index contributed by atoms with van der Waals surface area (Å²) in [4.78, 5) is 42.8. The average molecular weight is 1250 g/mol. The number of esters is 1. The summed E-state index contributed by atoms with van der Waals surface area (Å²) in [5.74, 6) is -4.57. The maximum Gasteiger partial charge on any atom is 0.346 e. The van der Waals surface area contributed by atoms with Gasteiger partial charge >= 0.3 is 5.97 Å². The van der Waals surface area contributed by atoms with Crippen molar-refractivity contribution < 1.29 is 97.1 Å². The van der Waals surface area contributed by atoms with Crippen LogP contribution in [0.25, 0.3) is 0 Å². The zero-order chi connectivity index (χ0) is 64.5. The van der Waals surface area contributed by atoms with E-state index in [0.29, 0.717) is 19.3 Å². The number of rotatable bonds is 13. The van der Waals surface area contributed by atoms with Crippen molar-refractivity contribution in [2.45, 2.75) is 295 Å². The van der Waals surface area contributed by atoms with Crippen LogP contribution in [-0.2, 0) is 66.5 Å². The van der Waals surface area contributed by atoms with Gasteiger partial charge in [0.1, 0.15) is 29.6 Å². The predicted molar refractivity (Wildman–Crippen MR) is 322 cm³/mol. The molecule has 6 saturated heterocycles. The number of hydrogen-bond acceptors (Lipinski definition) is 20. The molecule has 1 spiro atoms. The summed E-state index contributed by atoms with van der Waals surface area (Å²) in [6.45, 7) is 26.3. The number of carbonyl (C=O) groups excluding carboxylic acids is 3. The van der Waals surface area contributed by atoms with E-state index in [9.17, 15) is 40.2 Å². The number of aliphatic hydroxyl groups excluding tert-OH is 5. The van der Waals surface area contributed by atoms with Gasteiger partial charge in [-0.05, 0) is 104 Å². The Hall–Kier alpha value is -3.49. The van der Waals surface area contributed by atoms with Gasteiger partial charge in [0.15, 0.2) is 37.1 Å². The lowest BCUT2D eigenvalue weighted by Crippen LogP contribution is -2.62. The molecule has 2 bridgehead atoms. The van der Waals surface area contributed by atoms with Gasteiger partial charge in [0.25, 0.3) is 0 Å². The van der Waals surface area contributed by atoms with Crippen LogP contribution < -0.4 is 5.32 Å². The summed E-state index contributed by atoms with van der Waals surface area (Å²) in [5, 5.41) is 71.5. The Morgan fingerprint density at radius 1 is 0.652 bits per heavy atom. The van der Waals surface area contributed by atoms with Crippen molar-refractivity contribution in [1.29, 1.82) is 0 Å². The third-order valence-electron chi connectivity index (χ3n) is 21.7. The molecule has 7 N–H and O–H groups in total. The Labute approximate surface area is 525 Å². The van der Waals surface area contributed by atoms with Gasteiger partial charge in [0.05, 0.1) is 78.8 Å². The van der Waals surface area contributed by atoms with Crippen LogP contribution in [0.1, 0.15) is 161 Å². The summed E-state index contributed by atoms with van der Waals surface area (Å²) in [7, 11) is 0. The zero-order valence-electron chi connectivity index (χ0n) is 54.6. The minimum atomic E-state index is -1.65. The second-order valence-electron chi connectivity index (χ2n) is 28.7. The Morgan fingerprint density at radius 2 is 1.28 bits per heavy atom. The van der Waals surface area contributed by atoms with E-state index in [0.717, 1.165) is 24.0 Å². The third-order valence-corrected chi connectivity index (χ3v) is 21.7.